The highest BCUT2D eigenvalue weighted by Crippen LogP contribution is 2.21. The second kappa shape index (κ2) is 5.52. The third kappa shape index (κ3) is 3.78. The van der Waals surface area contributed by atoms with Crippen molar-refractivity contribution < 1.29 is 17.6 Å². The molecule has 0 unspecified atom stereocenters. The first kappa shape index (κ1) is 15.0. The predicted molar refractivity (Wildman–Crippen MR) is 76.1 cm³/mol. The van der Waals surface area contributed by atoms with E-state index in [1.165, 1.54) is 18.3 Å². The van der Waals surface area contributed by atoms with Crippen LogP contribution in [-0.4, -0.2) is 30.8 Å². The normalized spacial score (nSPS) is 11.2. The van der Waals surface area contributed by atoms with Crippen LogP contribution in [-0.2, 0) is 10.0 Å². The summed E-state index contributed by atoms with van der Waals surface area (Å²) in [5.74, 6) is -1.17. The molecule has 0 aliphatic rings. The van der Waals surface area contributed by atoms with Gasteiger partial charge in [-0.3, -0.25) is 14.6 Å². The summed E-state index contributed by atoms with van der Waals surface area (Å²) in [5, 5.41) is 8.89. The minimum Gasteiger partial charge on any atom is -0.322 e. The van der Waals surface area contributed by atoms with Gasteiger partial charge in [0.2, 0.25) is 10.0 Å². The van der Waals surface area contributed by atoms with Crippen LogP contribution in [0.2, 0.25) is 0 Å². The van der Waals surface area contributed by atoms with Gasteiger partial charge in [0.15, 0.2) is 0 Å². The summed E-state index contributed by atoms with van der Waals surface area (Å²) in [7, 11) is -3.61. The SMILES string of the molecule is Cc1[nH]ncc1C(=O)Nc1ccc(F)c(NS(C)(=O)=O)c1. The summed E-state index contributed by atoms with van der Waals surface area (Å²) >= 11 is 0. The van der Waals surface area contributed by atoms with Crippen LogP contribution < -0.4 is 10.0 Å². The molecule has 0 bridgehead atoms. The Balaban J connectivity index is 2.24. The molecule has 1 aromatic carbocycles. The zero-order chi connectivity index (χ0) is 15.6. The Labute approximate surface area is 120 Å². The number of sulfonamides is 1. The number of rotatable bonds is 4. The van der Waals surface area contributed by atoms with Gasteiger partial charge < -0.3 is 5.32 Å². The van der Waals surface area contributed by atoms with Gasteiger partial charge in [0, 0.05) is 11.4 Å². The highest BCUT2D eigenvalue weighted by Gasteiger charge is 2.13. The number of hydrogen-bond donors (Lipinski definition) is 3. The number of benzene rings is 1. The van der Waals surface area contributed by atoms with Crippen LogP contribution in [0.3, 0.4) is 0 Å². The van der Waals surface area contributed by atoms with Gasteiger partial charge >= 0.3 is 0 Å². The summed E-state index contributed by atoms with van der Waals surface area (Å²) in [5.41, 5.74) is 0.952. The Morgan fingerprint density at radius 2 is 2.10 bits per heavy atom. The number of hydrogen-bond acceptors (Lipinski definition) is 4. The molecule has 2 aromatic rings. The van der Waals surface area contributed by atoms with Gasteiger partial charge in [-0.2, -0.15) is 5.10 Å². The fourth-order valence-electron chi connectivity index (χ4n) is 1.66. The van der Waals surface area contributed by atoms with E-state index in [2.05, 4.69) is 15.5 Å². The maximum atomic E-state index is 13.5. The largest absolute Gasteiger partial charge is 0.322 e. The number of amides is 1. The van der Waals surface area contributed by atoms with E-state index in [0.717, 1.165) is 12.3 Å². The van der Waals surface area contributed by atoms with E-state index in [1.54, 1.807) is 6.92 Å². The molecule has 0 saturated heterocycles. The Kier molecular flexibility index (Phi) is 3.94. The van der Waals surface area contributed by atoms with Crippen LogP contribution in [0.4, 0.5) is 15.8 Å². The number of carbonyl (C=O) groups is 1. The van der Waals surface area contributed by atoms with Gasteiger partial charge in [-0.25, -0.2) is 12.8 Å². The standard InChI is InChI=1S/C12H13FN4O3S/c1-7-9(6-14-16-7)12(18)15-8-3-4-10(13)11(5-8)17-21(2,19)20/h3-6,17H,1-2H3,(H,14,16)(H,15,18). The molecular weight excluding hydrogens is 299 g/mol. The van der Waals surface area contributed by atoms with Crippen molar-refractivity contribution >= 4 is 27.3 Å². The molecule has 3 N–H and O–H groups in total. The molecule has 9 heteroatoms. The quantitative estimate of drug-likeness (QED) is 0.795. The minimum absolute atomic E-state index is 0.237. The summed E-state index contributed by atoms with van der Waals surface area (Å²) in [4.78, 5) is 12.0. The first-order valence-corrected chi connectivity index (χ1v) is 7.74. The van der Waals surface area contributed by atoms with E-state index in [9.17, 15) is 17.6 Å². The number of H-pyrrole nitrogens is 1. The number of halogens is 1. The van der Waals surface area contributed by atoms with Crippen LogP contribution >= 0.6 is 0 Å². The first-order valence-electron chi connectivity index (χ1n) is 5.85. The zero-order valence-corrected chi connectivity index (χ0v) is 12.1. The maximum Gasteiger partial charge on any atom is 0.259 e. The van der Waals surface area contributed by atoms with E-state index >= 15 is 0 Å². The van der Waals surface area contributed by atoms with Gasteiger partial charge in [0.05, 0.1) is 23.7 Å². The van der Waals surface area contributed by atoms with Crippen LogP contribution in [0.5, 0.6) is 0 Å². The van der Waals surface area contributed by atoms with Crippen LogP contribution in [0.25, 0.3) is 0 Å². The second-order valence-electron chi connectivity index (χ2n) is 4.43. The molecule has 112 valence electrons. The molecule has 1 amide bonds. The monoisotopic (exact) mass is 312 g/mol. The lowest BCUT2D eigenvalue weighted by Gasteiger charge is -2.09. The Bertz CT molecular complexity index is 786. The Morgan fingerprint density at radius 3 is 2.67 bits per heavy atom. The van der Waals surface area contributed by atoms with E-state index in [-0.39, 0.29) is 11.4 Å². The van der Waals surface area contributed by atoms with Crippen molar-refractivity contribution in [3.8, 4) is 0 Å². The molecular formula is C12H13FN4O3S. The molecule has 0 aliphatic carbocycles. The molecule has 0 spiro atoms. The number of aromatic amines is 1. The van der Waals surface area contributed by atoms with Crippen molar-refractivity contribution in [3.63, 3.8) is 0 Å². The maximum absolute atomic E-state index is 13.5. The lowest BCUT2D eigenvalue weighted by molar-refractivity contribution is 0.102. The number of aromatic nitrogens is 2. The molecule has 0 saturated carbocycles. The fraction of sp³-hybridized carbons (Fsp3) is 0.167. The molecule has 1 aromatic heterocycles. The summed E-state index contributed by atoms with van der Waals surface area (Å²) in [6, 6.07) is 3.59. The topological polar surface area (TPSA) is 104 Å². The van der Waals surface area contributed by atoms with Crippen molar-refractivity contribution in [3.05, 3.63) is 41.5 Å². The molecule has 7 nitrogen and oxygen atoms in total. The number of carbonyl (C=O) groups excluding carboxylic acids is 1. The molecule has 0 fully saturated rings. The lowest BCUT2D eigenvalue weighted by Crippen LogP contribution is -2.14. The third-order valence-electron chi connectivity index (χ3n) is 2.59. The first-order chi connectivity index (χ1) is 9.76. The highest BCUT2D eigenvalue weighted by atomic mass is 32.2. The Morgan fingerprint density at radius 1 is 1.38 bits per heavy atom. The van der Waals surface area contributed by atoms with Crippen molar-refractivity contribution in [2.75, 3.05) is 16.3 Å². The molecule has 0 aliphatic heterocycles. The van der Waals surface area contributed by atoms with Crippen LogP contribution in [0.1, 0.15) is 16.1 Å². The van der Waals surface area contributed by atoms with Gasteiger partial charge in [0.1, 0.15) is 5.82 Å². The summed E-state index contributed by atoms with van der Waals surface area (Å²) < 4.78 is 37.8. The van der Waals surface area contributed by atoms with E-state index in [0.29, 0.717) is 11.3 Å². The molecule has 21 heavy (non-hydrogen) atoms. The fourth-order valence-corrected chi connectivity index (χ4v) is 2.21. The average Bonchev–Trinajstić information content (AvgIpc) is 2.78. The number of anilines is 2. The zero-order valence-electron chi connectivity index (χ0n) is 11.3. The van der Waals surface area contributed by atoms with Gasteiger partial charge in [-0.1, -0.05) is 0 Å². The van der Waals surface area contributed by atoms with Crippen molar-refractivity contribution in [1.82, 2.24) is 10.2 Å². The number of aryl methyl sites for hydroxylation is 1. The van der Waals surface area contributed by atoms with Crippen molar-refractivity contribution in [1.29, 1.82) is 0 Å². The van der Waals surface area contributed by atoms with E-state index < -0.39 is 21.7 Å². The van der Waals surface area contributed by atoms with Gasteiger partial charge in [0.25, 0.3) is 5.91 Å². The molecule has 0 radical (unpaired) electrons. The highest BCUT2D eigenvalue weighted by molar-refractivity contribution is 7.92. The lowest BCUT2D eigenvalue weighted by atomic mass is 10.2. The van der Waals surface area contributed by atoms with Gasteiger partial charge in [-0.05, 0) is 25.1 Å². The third-order valence-corrected chi connectivity index (χ3v) is 3.18. The summed E-state index contributed by atoms with van der Waals surface area (Å²) in [6.45, 7) is 1.68. The smallest absolute Gasteiger partial charge is 0.259 e. The van der Waals surface area contributed by atoms with Crippen LogP contribution in [0, 0.1) is 12.7 Å². The van der Waals surface area contributed by atoms with Crippen molar-refractivity contribution in [2.45, 2.75) is 6.92 Å². The van der Waals surface area contributed by atoms with Crippen molar-refractivity contribution in [2.24, 2.45) is 0 Å². The number of nitrogens with zero attached hydrogens (tertiary/aromatic N) is 1. The molecule has 0 atom stereocenters. The average molecular weight is 312 g/mol. The van der Waals surface area contributed by atoms with E-state index in [4.69, 9.17) is 0 Å². The predicted octanol–water partition coefficient (Wildman–Crippen LogP) is 1.48. The minimum atomic E-state index is -3.61. The van der Waals surface area contributed by atoms with Gasteiger partial charge in [-0.15, -0.1) is 0 Å². The molecule has 2 rings (SSSR count). The second-order valence-corrected chi connectivity index (χ2v) is 6.18. The van der Waals surface area contributed by atoms with Crippen LogP contribution in [0.15, 0.2) is 24.4 Å². The summed E-state index contributed by atoms with van der Waals surface area (Å²) in [6.07, 6.45) is 2.27. The number of nitrogens with one attached hydrogen (secondary N) is 3. The van der Waals surface area contributed by atoms with E-state index in [1.807, 2.05) is 4.72 Å². The molecule has 1 heterocycles. The Hall–Kier alpha value is -2.42.